The molecule has 0 saturated heterocycles. The number of halogens is 1. The fraction of sp³-hybridized carbons (Fsp3) is 0.647. The summed E-state index contributed by atoms with van der Waals surface area (Å²) in [6, 6.07) is 9.62. The third-order valence-electron chi connectivity index (χ3n) is 3.91. The van der Waals surface area contributed by atoms with Gasteiger partial charge in [0.1, 0.15) is 0 Å². The van der Waals surface area contributed by atoms with Crippen molar-refractivity contribution < 1.29 is 0 Å². The Balaban J connectivity index is 1.83. The van der Waals surface area contributed by atoms with E-state index >= 15 is 0 Å². The molecule has 1 aliphatic rings. The Hall–Kier alpha value is 0.260. The van der Waals surface area contributed by atoms with E-state index in [9.17, 15) is 0 Å². The largest absolute Gasteiger partial charge is 0.313 e. The summed E-state index contributed by atoms with van der Waals surface area (Å²) < 4.78 is 1.32. The molecule has 1 fully saturated rings. The number of benzene rings is 1. The van der Waals surface area contributed by atoms with Crippen LogP contribution >= 0.6 is 34.4 Å². The SMILES string of the molecule is CCCNC(CSC1CCCC1)Cc1ccc(I)cc1. The molecule has 1 aliphatic carbocycles. The second-order valence-corrected chi connectivity index (χ2v) is 8.30. The Labute approximate surface area is 141 Å². The van der Waals surface area contributed by atoms with Crippen molar-refractivity contribution in [2.75, 3.05) is 12.3 Å². The topological polar surface area (TPSA) is 12.0 Å². The molecule has 3 heteroatoms. The van der Waals surface area contributed by atoms with E-state index < -0.39 is 0 Å². The average Bonchev–Trinajstić information content (AvgIpc) is 2.97. The normalized spacial score (nSPS) is 17.5. The van der Waals surface area contributed by atoms with E-state index in [1.54, 1.807) is 0 Å². The van der Waals surface area contributed by atoms with E-state index in [4.69, 9.17) is 0 Å². The molecule has 112 valence electrons. The number of nitrogens with one attached hydrogen (secondary N) is 1. The number of hydrogen-bond acceptors (Lipinski definition) is 2. The molecule has 1 unspecified atom stereocenters. The predicted molar refractivity (Wildman–Crippen MR) is 99.7 cm³/mol. The summed E-state index contributed by atoms with van der Waals surface area (Å²) in [5, 5.41) is 4.66. The molecule has 20 heavy (non-hydrogen) atoms. The Morgan fingerprint density at radius 1 is 1.25 bits per heavy atom. The van der Waals surface area contributed by atoms with Gasteiger partial charge in [0, 0.05) is 20.6 Å². The molecule has 1 aromatic rings. The molecule has 1 atom stereocenters. The molecule has 0 aromatic heterocycles. The van der Waals surface area contributed by atoms with Gasteiger partial charge in [0.2, 0.25) is 0 Å². The molecule has 1 aromatic carbocycles. The molecule has 0 amide bonds. The molecule has 0 bridgehead atoms. The van der Waals surface area contributed by atoms with Crippen LogP contribution < -0.4 is 5.32 Å². The summed E-state index contributed by atoms with van der Waals surface area (Å²) in [4.78, 5) is 0. The molecule has 1 N–H and O–H groups in total. The zero-order valence-corrected chi connectivity index (χ0v) is 15.4. The summed E-state index contributed by atoms with van der Waals surface area (Å²) in [6.07, 6.45) is 8.15. The molecule has 0 heterocycles. The van der Waals surface area contributed by atoms with Crippen LogP contribution in [0.5, 0.6) is 0 Å². The van der Waals surface area contributed by atoms with Crippen LogP contribution in [0.1, 0.15) is 44.6 Å². The van der Waals surface area contributed by atoms with Crippen molar-refractivity contribution in [3.63, 3.8) is 0 Å². The van der Waals surface area contributed by atoms with E-state index in [-0.39, 0.29) is 0 Å². The Morgan fingerprint density at radius 3 is 2.60 bits per heavy atom. The first-order chi connectivity index (χ1) is 9.78. The van der Waals surface area contributed by atoms with Gasteiger partial charge in [0.25, 0.3) is 0 Å². The minimum atomic E-state index is 0.626. The third-order valence-corrected chi connectivity index (χ3v) is 6.17. The van der Waals surface area contributed by atoms with Crippen molar-refractivity contribution in [1.29, 1.82) is 0 Å². The standard InChI is InChI=1S/C17H26INS/c1-2-11-19-16(13-20-17-5-3-4-6-17)12-14-7-9-15(18)10-8-14/h7-10,16-17,19H,2-6,11-13H2,1H3. The Bertz CT molecular complexity index is 373. The van der Waals surface area contributed by atoms with Crippen LogP contribution in [0.15, 0.2) is 24.3 Å². The van der Waals surface area contributed by atoms with Gasteiger partial charge in [-0.2, -0.15) is 11.8 Å². The fourth-order valence-electron chi connectivity index (χ4n) is 2.75. The van der Waals surface area contributed by atoms with Crippen LogP contribution in [0.3, 0.4) is 0 Å². The maximum absolute atomic E-state index is 3.73. The lowest BCUT2D eigenvalue weighted by atomic mass is 10.1. The van der Waals surface area contributed by atoms with E-state index in [1.165, 1.54) is 47.0 Å². The monoisotopic (exact) mass is 403 g/mol. The van der Waals surface area contributed by atoms with Gasteiger partial charge in [0.15, 0.2) is 0 Å². The van der Waals surface area contributed by atoms with E-state index in [1.807, 2.05) is 0 Å². The van der Waals surface area contributed by atoms with Crippen LogP contribution in [-0.4, -0.2) is 23.6 Å². The molecular formula is C17H26INS. The smallest absolute Gasteiger partial charge is 0.0198 e. The van der Waals surface area contributed by atoms with Gasteiger partial charge < -0.3 is 5.32 Å². The maximum Gasteiger partial charge on any atom is 0.0198 e. The molecule has 0 spiro atoms. The summed E-state index contributed by atoms with van der Waals surface area (Å²) in [5.74, 6) is 1.26. The lowest BCUT2D eigenvalue weighted by molar-refractivity contribution is 0.549. The van der Waals surface area contributed by atoms with Crippen molar-refractivity contribution in [3.05, 3.63) is 33.4 Å². The van der Waals surface area contributed by atoms with Crippen LogP contribution in [0, 0.1) is 3.57 Å². The van der Waals surface area contributed by atoms with Gasteiger partial charge in [-0.25, -0.2) is 0 Å². The van der Waals surface area contributed by atoms with Crippen LogP contribution in [0.2, 0.25) is 0 Å². The second kappa shape index (κ2) is 9.31. The third kappa shape index (κ3) is 5.94. The van der Waals surface area contributed by atoms with Gasteiger partial charge in [-0.15, -0.1) is 0 Å². The minimum Gasteiger partial charge on any atom is -0.313 e. The molecule has 1 saturated carbocycles. The Morgan fingerprint density at radius 2 is 1.95 bits per heavy atom. The van der Waals surface area contributed by atoms with Crippen LogP contribution in [0.25, 0.3) is 0 Å². The molecule has 1 nitrogen and oxygen atoms in total. The summed E-state index contributed by atoms with van der Waals surface area (Å²) in [5.41, 5.74) is 1.46. The van der Waals surface area contributed by atoms with Gasteiger partial charge in [-0.05, 0) is 72.5 Å². The highest BCUT2D eigenvalue weighted by Crippen LogP contribution is 2.30. The highest BCUT2D eigenvalue weighted by Gasteiger charge is 2.17. The van der Waals surface area contributed by atoms with Gasteiger partial charge in [-0.1, -0.05) is 31.9 Å². The summed E-state index contributed by atoms with van der Waals surface area (Å²) in [6.45, 7) is 3.39. The summed E-state index contributed by atoms with van der Waals surface area (Å²) >= 11 is 4.58. The predicted octanol–water partition coefficient (Wildman–Crippen LogP) is 4.88. The second-order valence-electron chi connectivity index (χ2n) is 5.72. The van der Waals surface area contributed by atoms with Crippen molar-refractivity contribution in [2.24, 2.45) is 0 Å². The van der Waals surface area contributed by atoms with E-state index in [2.05, 4.69) is 70.9 Å². The lowest BCUT2D eigenvalue weighted by Gasteiger charge is -2.20. The molecule has 0 radical (unpaired) electrons. The molecule has 2 rings (SSSR count). The zero-order chi connectivity index (χ0) is 14.2. The zero-order valence-electron chi connectivity index (χ0n) is 12.4. The highest BCUT2D eigenvalue weighted by molar-refractivity contribution is 14.1. The lowest BCUT2D eigenvalue weighted by Crippen LogP contribution is -2.34. The number of hydrogen-bond donors (Lipinski definition) is 1. The average molecular weight is 403 g/mol. The first kappa shape index (κ1) is 16.6. The van der Waals surface area contributed by atoms with Gasteiger partial charge in [0.05, 0.1) is 0 Å². The number of thioether (sulfide) groups is 1. The first-order valence-electron chi connectivity index (χ1n) is 7.87. The quantitative estimate of drug-likeness (QED) is 0.621. The van der Waals surface area contributed by atoms with Crippen molar-refractivity contribution >= 4 is 34.4 Å². The van der Waals surface area contributed by atoms with Crippen molar-refractivity contribution in [2.45, 2.75) is 56.7 Å². The van der Waals surface area contributed by atoms with E-state index in [0.717, 1.165) is 18.2 Å². The Kier molecular flexibility index (Phi) is 7.74. The van der Waals surface area contributed by atoms with Crippen LogP contribution in [0.4, 0.5) is 0 Å². The minimum absolute atomic E-state index is 0.626. The van der Waals surface area contributed by atoms with Gasteiger partial charge >= 0.3 is 0 Å². The van der Waals surface area contributed by atoms with Crippen molar-refractivity contribution in [1.82, 2.24) is 5.32 Å². The molecule has 0 aliphatic heterocycles. The molecular weight excluding hydrogens is 377 g/mol. The highest BCUT2D eigenvalue weighted by atomic mass is 127. The van der Waals surface area contributed by atoms with Crippen LogP contribution in [-0.2, 0) is 6.42 Å². The van der Waals surface area contributed by atoms with Gasteiger partial charge in [-0.3, -0.25) is 0 Å². The maximum atomic E-state index is 3.73. The van der Waals surface area contributed by atoms with Crippen molar-refractivity contribution in [3.8, 4) is 0 Å². The number of rotatable bonds is 8. The van der Waals surface area contributed by atoms with E-state index in [0.29, 0.717) is 6.04 Å². The summed E-state index contributed by atoms with van der Waals surface area (Å²) in [7, 11) is 0. The first-order valence-corrected chi connectivity index (χ1v) is 10.00. The fourth-order valence-corrected chi connectivity index (χ4v) is 4.52.